The molecule has 2 nitrogen and oxygen atoms in total. The zero-order valence-corrected chi connectivity index (χ0v) is 12.5. The predicted molar refractivity (Wildman–Crippen MR) is 80.8 cm³/mol. The van der Waals surface area contributed by atoms with Gasteiger partial charge in [0.25, 0.3) is 0 Å². The summed E-state index contributed by atoms with van der Waals surface area (Å²) in [6, 6.07) is 0. The first kappa shape index (κ1) is 16.0. The first-order valence-electron chi connectivity index (χ1n) is 8.24. The van der Waals surface area contributed by atoms with Gasteiger partial charge in [-0.05, 0) is 37.8 Å². The van der Waals surface area contributed by atoms with Crippen LogP contribution < -0.4 is 11.1 Å². The molecule has 0 amide bonds. The molecule has 0 aromatic carbocycles. The highest BCUT2D eigenvalue weighted by Crippen LogP contribution is 2.34. The van der Waals surface area contributed by atoms with Crippen LogP contribution in [0.2, 0.25) is 0 Å². The second-order valence-corrected chi connectivity index (χ2v) is 6.21. The minimum absolute atomic E-state index is 0.431. The van der Waals surface area contributed by atoms with Crippen molar-refractivity contribution >= 4 is 0 Å². The normalized spacial score (nSPS) is 19.0. The molecule has 0 spiro atoms. The third kappa shape index (κ3) is 6.19. The topological polar surface area (TPSA) is 38.0 Å². The van der Waals surface area contributed by atoms with Gasteiger partial charge in [-0.25, -0.2) is 0 Å². The first-order chi connectivity index (χ1) is 8.83. The highest BCUT2D eigenvalue weighted by Gasteiger charge is 2.29. The zero-order valence-electron chi connectivity index (χ0n) is 12.5. The molecular formula is C16H34N2. The summed E-state index contributed by atoms with van der Waals surface area (Å²) in [6.07, 6.45) is 15.2. The number of hydrogen-bond acceptors (Lipinski definition) is 2. The Kier molecular flexibility index (Phi) is 8.70. The van der Waals surface area contributed by atoms with Gasteiger partial charge in [0.05, 0.1) is 0 Å². The van der Waals surface area contributed by atoms with E-state index in [1.807, 2.05) is 0 Å². The fourth-order valence-electron chi connectivity index (χ4n) is 3.14. The molecule has 2 heteroatoms. The molecular weight excluding hydrogens is 220 g/mol. The van der Waals surface area contributed by atoms with Crippen LogP contribution in [0.5, 0.6) is 0 Å². The molecule has 1 aliphatic rings. The molecule has 1 rings (SSSR count). The van der Waals surface area contributed by atoms with Crippen LogP contribution in [0.3, 0.4) is 0 Å². The van der Waals surface area contributed by atoms with E-state index in [9.17, 15) is 0 Å². The zero-order chi connectivity index (χ0) is 13.1. The molecule has 0 heterocycles. The Labute approximate surface area is 114 Å². The van der Waals surface area contributed by atoms with Gasteiger partial charge in [-0.15, -0.1) is 0 Å². The third-order valence-corrected chi connectivity index (χ3v) is 4.55. The molecule has 0 aromatic heterocycles. The molecule has 0 unspecified atom stereocenters. The van der Waals surface area contributed by atoms with E-state index in [1.54, 1.807) is 0 Å². The number of nitrogens with two attached hydrogens (primary N) is 1. The molecule has 0 aromatic rings. The second kappa shape index (κ2) is 9.80. The van der Waals surface area contributed by atoms with Gasteiger partial charge in [-0.3, -0.25) is 0 Å². The SMILES string of the molecule is CCCCCCCCNCC1(CN)CCCCC1. The van der Waals surface area contributed by atoms with Gasteiger partial charge in [0, 0.05) is 6.54 Å². The minimum Gasteiger partial charge on any atom is -0.330 e. The molecule has 0 atom stereocenters. The third-order valence-electron chi connectivity index (χ3n) is 4.55. The molecule has 1 aliphatic carbocycles. The maximum Gasteiger partial charge on any atom is 0.00199 e. The Morgan fingerprint density at radius 3 is 2.28 bits per heavy atom. The van der Waals surface area contributed by atoms with Gasteiger partial charge in [0.2, 0.25) is 0 Å². The van der Waals surface area contributed by atoms with Crippen molar-refractivity contribution in [3.8, 4) is 0 Å². The number of hydrogen-bond donors (Lipinski definition) is 2. The Morgan fingerprint density at radius 2 is 1.61 bits per heavy atom. The molecule has 108 valence electrons. The van der Waals surface area contributed by atoms with E-state index in [1.165, 1.54) is 77.2 Å². The van der Waals surface area contributed by atoms with Crippen molar-refractivity contribution in [3.63, 3.8) is 0 Å². The lowest BCUT2D eigenvalue weighted by molar-refractivity contribution is 0.191. The number of unbranched alkanes of at least 4 members (excludes halogenated alkanes) is 5. The van der Waals surface area contributed by atoms with E-state index in [4.69, 9.17) is 5.73 Å². The van der Waals surface area contributed by atoms with Crippen LogP contribution in [0.15, 0.2) is 0 Å². The van der Waals surface area contributed by atoms with E-state index < -0.39 is 0 Å². The Bertz CT molecular complexity index is 186. The quantitative estimate of drug-likeness (QED) is 0.581. The standard InChI is InChI=1S/C16H34N2/c1-2-3-4-5-6-10-13-18-15-16(14-17)11-8-7-9-12-16/h18H,2-15,17H2,1H3. The largest absolute Gasteiger partial charge is 0.330 e. The van der Waals surface area contributed by atoms with Gasteiger partial charge in [0.15, 0.2) is 0 Å². The smallest absolute Gasteiger partial charge is 0.00199 e. The first-order valence-corrected chi connectivity index (χ1v) is 8.24. The van der Waals surface area contributed by atoms with Crippen molar-refractivity contribution in [3.05, 3.63) is 0 Å². The molecule has 18 heavy (non-hydrogen) atoms. The fraction of sp³-hybridized carbons (Fsp3) is 1.00. The summed E-state index contributed by atoms with van der Waals surface area (Å²) in [6.45, 7) is 5.49. The summed E-state index contributed by atoms with van der Waals surface area (Å²) in [5, 5.41) is 3.66. The van der Waals surface area contributed by atoms with Crippen LogP contribution in [0.25, 0.3) is 0 Å². The summed E-state index contributed by atoms with van der Waals surface area (Å²) < 4.78 is 0. The predicted octanol–water partition coefficient (Wildman–Crippen LogP) is 3.85. The van der Waals surface area contributed by atoms with E-state index >= 15 is 0 Å². The highest BCUT2D eigenvalue weighted by molar-refractivity contribution is 4.85. The molecule has 3 N–H and O–H groups in total. The maximum atomic E-state index is 5.99. The lowest BCUT2D eigenvalue weighted by Gasteiger charge is -2.36. The Hall–Kier alpha value is -0.0800. The average Bonchev–Trinajstić information content (AvgIpc) is 2.43. The molecule has 0 bridgehead atoms. The minimum atomic E-state index is 0.431. The highest BCUT2D eigenvalue weighted by atomic mass is 14.9. The molecule has 1 saturated carbocycles. The number of nitrogens with one attached hydrogen (secondary N) is 1. The summed E-state index contributed by atoms with van der Waals surface area (Å²) >= 11 is 0. The Balaban J connectivity index is 1.98. The van der Waals surface area contributed by atoms with Crippen molar-refractivity contribution in [2.45, 2.75) is 77.6 Å². The van der Waals surface area contributed by atoms with Crippen molar-refractivity contribution in [1.29, 1.82) is 0 Å². The maximum absolute atomic E-state index is 5.99. The summed E-state index contributed by atoms with van der Waals surface area (Å²) in [4.78, 5) is 0. The van der Waals surface area contributed by atoms with Crippen LogP contribution in [-0.4, -0.2) is 19.6 Å². The van der Waals surface area contributed by atoms with Crippen LogP contribution in [0.1, 0.15) is 77.6 Å². The van der Waals surface area contributed by atoms with Gasteiger partial charge in [-0.2, -0.15) is 0 Å². The van der Waals surface area contributed by atoms with Crippen LogP contribution in [0.4, 0.5) is 0 Å². The average molecular weight is 254 g/mol. The molecule has 0 aliphatic heterocycles. The second-order valence-electron chi connectivity index (χ2n) is 6.21. The van der Waals surface area contributed by atoms with Crippen LogP contribution in [0, 0.1) is 5.41 Å². The van der Waals surface area contributed by atoms with Gasteiger partial charge >= 0.3 is 0 Å². The fourth-order valence-corrected chi connectivity index (χ4v) is 3.14. The monoisotopic (exact) mass is 254 g/mol. The lowest BCUT2D eigenvalue weighted by atomic mass is 9.74. The van der Waals surface area contributed by atoms with E-state index in [-0.39, 0.29) is 0 Å². The Morgan fingerprint density at radius 1 is 0.944 bits per heavy atom. The van der Waals surface area contributed by atoms with Gasteiger partial charge in [0.1, 0.15) is 0 Å². The van der Waals surface area contributed by atoms with E-state index in [2.05, 4.69) is 12.2 Å². The molecule has 0 radical (unpaired) electrons. The molecule has 1 fully saturated rings. The van der Waals surface area contributed by atoms with E-state index in [0.717, 1.165) is 13.1 Å². The van der Waals surface area contributed by atoms with Crippen LogP contribution >= 0.6 is 0 Å². The van der Waals surface area contributed by atoms with Crippen LogP contribution in [-0.2, 0) is 0 Å². The lowest BCUT2D eigenvalue weighted by Crippen LogP contribution is -2.42. The van der Waals surface area contributed by atoms with Crippen molar-refractivity contribution < 1.29 is 0 Å². The van der Waals surface area contributed by atoms with Crippen molar-refractivity contribution in [2.75, 3.05) is 19.6 Å². The summed E-state index contributed by atoms with van der Waals surface area (Å²) in [7, 11) is 0. The van der Waals surface area contributed by atoms with Crippen molar-refractivity contribution in [1.82, 2.24) is 5.32 Å². The van der Waals surface area contributed by atoms with E-state index in [0.29, 0.717) is 5.41 Å². The van der Waals surface area contributed by atoms with Gasteiger partial charge in [-0.1, -0.05) is 58.3 Å². The summed E-state index contributed by atoms with van der Waals surface area (Å²) in [5.41, 5.74) is 6.43. The number of rotatable bonds is 10. The molecule has 0 saturated heterocycles. The van der Waals surface area contributed by atoms with Crippen molar-refractivity contribution in [2.24, 2.45) is 11.1 Å². The van der Waals surface area contributed by atoms with Gasteiger partial charge < -0.3 is 11.1 Å². The summed E-state index contributed by atoms with van der Waals surface area (Å²) in [5.74, 6) is 0.